The van der Waals surface area contributed by atoms with Crippen molar-refractivity contribution in [2.45, 2.75) is 19.4 Å². The summed E-state index contributed by atoms with van der Waals surface area (Å²) in [4.78, 5) is 0. The Kier molecular flexibility index (Phi) is 4.39. The molecule has 8 heteroatoms. The first kappa shape index (κ1) is 17.3. The van der Waals surface area contributed by atoms with Gasteiger partial charge in [-0.25, -0.2) is 4.39 Å². The van der Waals surface area contributed by atoms with Gasteiger partial charge in [0.15, 0.2) is 0 Å². The molecule has 0 spiro atoms. The van der Waals surface area contributed by atoms with E-state index in [9.17, 15) is 26.0 Å². The van der Waals surface area contributed by atoms with Crippen LogP contribution in [0.3, 0.4) is 0 Å². The smallest absolute Gasteiger partial charge is 0.376 e. The molecule has 0 unspecified atom stereocenters. The number of aryl methyl sites for hydroxylation is 2. The van der Waals surface area contributed by atoms with Gasteiger partial charge in [0.1, 0.15) is 11.6 Å². The molecule has 23 heavy (non-hydrogen) atoms. The molecule has 0 N–H and O–H groups in total. The Balaban J connectivity index is 2.44. The number of benzene rings is 2. The lowest BCUT2D eigenvalue weighted by molar-refractivity contribution is -0.0500. The SMILES string of the molecule is Cc1cc(OS(=O)(=O)C(F)(F)F)cc(C)c1-c1ccc(F)cc1. The number of hydrogen-bond donors (Lipinski definition) is 0. The Morgan fingerprint density at radius 3 is 1.87 bits per heavy atom. The van der Waals surface area contributed by atoms with Gasteiger partial charge in [-0.3, -0.25) is 0 Å². The zero-order valence-electron chi connectivity index (χ0n) is 12.1. The predicted octanol–water partition coefficient (Wildman–Crippen LogP) is 4.34. The Bertz CT molecular complexity index is 802. The molecule has 0 heterocycles. The van der Waals surface area contributed by atoms with E-state index in [2.05, 4.69) is 4.18 Å². The third-order valence-electron chi connectivity index (χ3n) is 3.13. The van der Waals surface area contributed by atoms with Crippen LogP contribution in [0.2, 0.25) is 0 Å². The first-order valence-corrected chi connectivity index (χ1v) is 7.80. The average Bonchev–Trinajstić information content (AvgIpc) is 2.38. The minimum atomic E-state index is -5.72. The van der Waals surface area contributed by atoms with Gasteiger partial charge in [-0.2, -0.15) is 21.6 Å². The maximum Gasteiger partial charge on any atom is 0.534 e. The third kappa shape index (κ3) is 3.64. The predicted molar refractivity (Wildman–Crippen MR) is 76.9 cm³/mol. The van der Waals surface area contributed by atoms with Crippen LogP contribution in [-0.2, 0) is 10.1 Å². The largest absolute Gasteiger partial charge is 0.534 e. The number of halogens is 4. The zero-order chi connectivity index (χ0) is 17.4. The molecule has 0 amide bonds. The van der Waals surface area contributed by atoms with Crippen LogP contribution < -0.4 is 4.18 Å². The maximum absolute atomic E-state index is 13.0. The molecule has 124 valence electrons. The van der Waals surface area contributed by atoms with Crippen LogP contribution in [0.1, 0.15) is 11.1 Å². The van der Waals surface area contributed by atoms with E-state index in [1.165, 1.54) is 36.4 Å². The first-order valence-electron chi connectivity index (χ1n) is 6.39. The van der Waals surface area contributed by atoms with Crippen molar-refractivity contribution >= 4 is 10.1 Å². The number of rotatable bonds is 3. The molecule has 0 saturated heterocycles. The van der Waals surface area contributed by atoms with Crippen molar-refractivity contribution < 1.29 is 30.2 Å². The summed E-state index contributed by atoms with van der Waals surface area (Å²) in [7, 11) is -5.72. The van der Waals surface area contributed by atoms with Gasteiger partial charge in [0, 0.05) is 0 Å². The molecular formula is C15H12F4O3S. The van der Waals surface area contributed by atoms with E-state index in [0.717, 1.165) is 0 Å². The van der Waals surface area contributed by atoms with Crippen LogP contribution in [0.15, 0.2) is 36.4 Å². The second-order valence-corrected chi connectivity index (χ2v) is 6.46. The minimum absolute atomic E-state index is 0.416. The van der Waals surface area contributed by atoms with Gasteiger partial charge >= 0.3 is 15.6 Å². The quantitative estimate of drug-likeness (QED) is 0.471. The van der Waals surface area contributed by atoms with Crippen LogP contribution in [0.5, 0.6) is 5.75 Å². The van der Waals surface area contributed by atoms with Gasteiger partial charge in [-0.1, -0.05) is 12.1 Å². The highest BCUT2D eigenvalue weighted by Crippen LogP contribution is 2.33. The van der Waals surface area contributed by atoms with Gasteiger partial charge < -0.3 is 4.18 Å². The average molecular weight is 348 g/mol. The lowest BCUT2D eigenvalue weighted by Crippen LogP contribution is -2.28. The topological polar surface area (TPSA) is 43.4 Å². The highest BCUT2D eigenvalue weighted by Gasteiger charge is 2.48. The zero-order valence-corrected chi connectivity index (χ0v) is 12.9. The van der Waals surface area contributed by atoms with Crippen molar-refractivity contribution in [3.63, 3.8) is 0 Å². The summed E-state index contributed by atoms with van der Waals surface area (Å²) in [6.07, 6.45) is 0. The molecule has 3 nitrogen and oxygen atoms in total. The molecule has 0 saturated carbocycles. The van der Waals surface area contributed by atoms with E-state index in [-0.39, 0.29) is 0 Å². The summed E-state index contributed by atoms with van der Waals surface area (Å²) in [6.45, 7) is 3.19. The molecule has 0 atom stereocenters. The fraction of sp³-hybridized carbons (Fsp3) is 0.200. The molecule has 2 aromatic rings. The monoisotopic (exact) mass is 348 g/mol. The molecule has 0 fully saturated rings. The van der Waals surface area contributed by atoms with E-state index in [1.807, 2.05) is 0 Å². The van der Waals surface area contributed by atoms with E-state index in [4.69, 9.17) is 0 Å². The Morgan fingerprint density at radius 1 is 0.957 bits per heavy atom. The summed E-state index contributed by atoms with van der Waals surface area (Å²) in [5, 5.41) is 0. The van der Waals surface area contributed by atoms with Crippen molar-refractivity contribution in [1.29, 1.82) is 0 Å². The molecule has 0 aliphatic heterocycles. The second-order valence-electron chi connectivity index (χ2n) is 4.92. The molecular weight excluding hydrogens is 336 g/mol. The molecule has 0 bridgehead atoms. The van der Waals surface area contributed by atoms with Crippen molar-refractivity contribution in [3.05, 3.63) is 53.3 Å². The van der Waals surface area contributed by atoms with E-state index in [0.29, 0.717) is 22.3 Å². The molecule has 0 radical (unpaired) electrons. The number of alkyl halides is 3. The lowest BCUT2D eigenvalue weighted by atomic mass is 9.95. The van der Waals surface area contributed by atoms with E-state index in [1.54, 1.807) is 13.8 Å². The first-order chi connectivity index (χ1) is 10.5. The molecule has 0 aliphatic carbocycles. The molecule has 2 rings (SSSR count). The summed E-state index contributed by atoms with van der Waals surface area (Å²) in [5.74, 6) is -0.844. The summed E-state index contributed by atoms with van der Waals surface area (Å²) >= 11 is 0. The van der Waals surface area contributed by atoms with E-state index < -0.39 is 27.2 Å². The van der Waals surface area contributed by atoms with Crippen LogP contribution in [-0.4, -0.2) is 13.9 Å². The summed E-state index contributed by atoms with van der Waals surface area (Å²) in [6, 6.07) is 7.94. The normalized spacial score (nSPS) is 12.3. The van der Waals surface area contributed by atoms with E-state index >= 15 is 0 Å². The molecule has 0 aliphatic rings. The summed E-state index contributed by atoms with van der Waals surface area (Å²) < 4.78 is 76.3. The van der Waals surface area contributed by atoms with Gasteiger partial charge in [0.25, 0.3) is 0 Å². The van der Waals surface area contributed by atoms with Crippen LogP contribution >= 0.6 is 0 Å². The second kappa shape index (κ2) is 5.84. The highest BCUT2D eigenvalue weighted by molar-refractivity contribution is 7.88. The van der Waals surface area contributed by atoms with Gasteiger partial charge in [-0.05, 0) is 60.4 Å². The van der Waals surface area contributed by atoms with Crippen molar-refractivity contribution in [3.8, 4) is 16.9 Å². The van der Waals surface area contributed by atoms with Crippen molar-refractivity contribution in [1.82, 2.24) is 0 Å². The van der Waals surface area contributed by atoms with Crippen LogP contribution in [0.25, 0.3) is 11.1 Å². The highest BCUT2D eigenvalue weighted by atomic mass is 32.2. The standard InChI is InChI=1S/C15H12F4O3S/c1-9-7-13(22-23(20,21)15(17,18)19)8-10(2)14(9)11-3-5-12(16)6-4-11/h3-8H,1-2H3. The maximum atomic E-state index is 13.0. The molecule has 2 aromatic carbocycles. The van der Waals surface area contributed by atoms with Crippen LogP contribution in [0.4, 0.5) is 17.6 Å². The Morgan fingerprint density at radius 2 is 1.43 bits per heavy atom. The Labute approximate surface area is 130 Å². The van der Waals surface area contributed by atoms with Crippen LogP contribution in [0, 0.1) is 19.7 Å². The molecule has 0 aromatic heterocycles. The third-order valence-corrected chi connectivity index (χ3v) is 4.11. The van der Waals surface area contributed by atoms with Crippen molar-refractivity contribution in [2.24, 2.45) is 0 Å². The van der Waals surface area contributed by atoms with Gasteiger partial charge in [0.05, 0.1) is 0 Å². The van der Waals surface area contributed by atoms with Gasteiger partial charge in [0.2, 0.25) is 0 Å². The van der Waals surface area contributed by atoms with Gasteiger partial charge in [-0.15, -0.1) is 0 Å². The minimum Gasteiger partial charge on any atom is -0.376 e. The fourth-order valence-electron chi connectivity index (χ4n) is 2.22. The Hall–Kier alpha value is -2.09. The number of hydrogen-bond acceptors (Lipinski definition) is 3. The fourth-order valence-corrected chi connectivity index (χ4v) is 2.66. The lowest BCUT2D eigenvalue weighted by Gasteiger charge is -2.14. The summed E-state index contributed by atoms with van der Waals surface area (Å²) in [5.41, 5.74) is -3.16. The van der Waals surface area contributed by atoms with Crippen molar-refractivity contribution in [2.75, 3.05) is 0 Å².